The van der Waals surface area contributed by atoms with Gasteiger partial charge in [-0.05, 0) is 63.1 Å². The Morgan fingerprint density at radius 1 is 1.05 bits per heavy atom. The molecule has 8 nitrogen and oxygen atoms in total. The third kappa shape index (κ3) is 4.80. The van der Waals surface area contributed by atoms with Crippen LogP contribution < -0.4 is 10.6 Å². The average Bonchev–Trinajstić information content (AvgIpc) is 3.12. The number of nitrogens with one attached hydrogen (secondary N) is 2. The fourth-order valence-corrected chi connectivity index (χ4v) is 4.29. The first-order valence-corrected chi connectivity index (χ1v) is 12.0. The van der Waals surface area contributed by atoms with Crippen LogP contribution in [0.15, 0.2) is 72.1 Å². The van der Waals surface area contributed by atoms with Crippen LogP contribution in [-0.2, 0) is 16.6 Å². The molecule has 9 heteroatoms. The lowest BCUT2D eigenvalue weighted by Gasteiger charge is -2.19. The predicted molar refractivity (Wildman–Crippen MR) is 141 cm³/mol. The summed E-state index contributed by atoms with van der Waals surface area (Å²) in [4.78, 5) is 35.7. The van der Waals surface area contributed by atoms with E-state index in [4.69, 9.17) is 15.0 Å². The normalized spacial score (nSPS) is 14.3. The number of halogens is 1. The van der Waals surface area contributed by atoms with Crippen molar-refractivity contribution in [1.82, 2.24) is 19.9 Å². The Kier molecular flexibility index (Phi) is 6.43. The van der Waals surface area contributed by atoms with E-state index in [2.05, 4.69) is 20.6 Å². The van der Waals surface area contributed by atoms with Gasteiger partial charge in [0.05, 0.1) is 11.0 Å². The molecule has 4 aromatic rings. The number of nitrogens with zero attached hydrogens (tertiary/aromatic N) is 5. The van der Waals surface area contributed by atoms with Gasteiger partial charge in [0.25, 0.3) is 0 Å². The Labute approximate surface area is 214 Å². The van der Waals surface area contributed by atoms with Crippen molar-refractivity contribution < 1.29 is 9.18 Å². The first-order chi connectivity index (χ1) is 17.8. The van der Waals surface area contributed by atoms with Crippen LogP contribution in [-0.4, -0.2) is 38.1 Å². The highest BCUT2D eigenvalue weighted by atomic mass is 19.1. The van der Waals surface area contributed by atoms with Crippen molar-refractivity contribution in [3.63, 3.8) is 0 Å². The molecule has 0 unspecified atom stereocenters. The highest BCUT2D eigenvalue weighted by Gasteiger charge is 2.43. The Morgan fingerprint density at radius 2 is 1.84 bits per heavy atom. The number of rotatable bonds is 7. The number of amides is 1. The molecule has 0 spiro atoms. The van der Waals surface area contributed by atoms with Gasteiger partial charge in [-0.1, -0.05) is 18.2 Å². The van der Waals surface area contributed by atoms with Gasteiger partial charge in [-0.25, -0.2) is 14.4 Å². The number of fused-ring (bicyclic) bond motifs is 1. The number of pyridine rings is 2. The van der Waals surface area contributed by atoms with Gasteiger partial charge < -0.3 is 10.6 Å². The van der Waals surface area contributed by atoms with E-state index in [1.807, 2.05) is 45.0 Å². The molecule has 0 atom stereocenters. The van der Waals surface area contributed by atoms with Crippen LogP contribution in [0, 0.1) is 12.7 Å². The molecule has 0 aliphatic carbocycles. The Bertz CT molecular complexity index is 1500. The van der Waals surface area contributed by atoms with Gasteiger partial charge in [0.15, 0.2) is 5.82 Å². The van der Waals surface area contributed by atoms with Crippen LogP contribution in [0.5, 0.6) is 0 Å². The van der Waals surface area contributed by atoms with Crippen molar-refractivity contribution in [3.8, 4) is 0 Å². The summed E-state index contributed by atoms with van der Waals surface area (Å²) in [5.74, 6) is 0.831. The number of anilines is 3. The van der Waals surface area contributed by atoms with Crippen LogP contribution in [0.25, 0.3) is 0 Å². The van der Waals surface area contributed by atoms with Crippen LogP contribution in [0.4, 0.5) is 21.7 Å². The van der Waals surface area contributed by atoms with Gasteiger partial charge in [0.2, 0.25) is 5.91 Å². The van der Waals surface area contributed by atoms with E-state index in [1.54, 1.807) is 36.8 Å². The van der Waals surface area contributed by atoms with Gasteiger partial charge in [-0.2, -0.15) is 0 Å². The first kappa shape index (κ1) is 24.2. The smallest absolute Gasteiger partial charge is 0.235 e. The third-order valence-corrected chi connectivity index (χ3v) is 6.36. The van der Waals surface area contributed by atoms with Crippen LogP contribution in [0.3, 0.4) is 0 Å². The second-order valence-electron chi connectivity index (χ2n) is 9.27. The summed E-state index contributed by atoms with van der Waals surface area (Å²) in [5.41, 5.74) is 3.21. The molecule has 4 heterocycles. The largest absolute Gasteiger partial charge is 0.340 e. The van der Waals surface area contributed by atoms with E-state index in [0.717, 1.165) is 16.9 Å². The zero-order valence-electron chi connectivity index (χ0n) is 20.8. The molecule has 1 aliphatic rings. The third-order valence-electron chi connectivity index (χ3n) is 6.36. The molecule has 186 valence electrons. The lowest BCUT2D eigenvalue weighted by atomic mass is 9.87. The molecule has 5 rings (SSSR count). The van der Waals surface area contributed by atoms with E-state index in [0.29, 0.717) is 47.3 Å². The monoisotopic (exact) mass is 495 g/mol. The van der Waals surface area contributed by atoms with Crippen molar-refractivity contribution in [2.75, 3.05) is 17.2 Å². The molecule has 1 aromatic carbocycles. The molecule has 3 aromatic heterocycles. The molecule has 0 bridgehead atoms. The molecule has 1 amide bonds. The Hall–Kier alpha value is -4.53. The molecule has 2 N–H and O–H groups in total. The summed E-state index contributed by atoms with van der Waals surface area (Å²) in [6, 6.07) is 14.0. The maximum Gasteiger partial charge on any atom is 0.235 e. The van der Waals surface area contributed by atoms with Crippen LogP contribution >= 0.6 is 0 Å². The van der Waals surface area contributed by atoms with Gasteiger partial charge in [0, 0.05) is 42.1 Å². The fourth-order valence-electron chi connectivity index (χ4n) is 4.29. The van der Waals surface area contributed by atoms with Gasteiger partial charge in [-0.3, -0.25) is 19.8 Å². The molecular formula is C28H26FN7O. The van der Waals surface area contributed by atoms with Crippen molar-refractivity contribution in [1.29, 1.82) is 0 Å². The summed E-state index contributed by atoms with van der Waals surface area (Å²) in [5, 5.41) is 6.23. The molecule has 0 radical (unpaired) electrons. The topological polar surface area (TPSA) is 105 Å². The van der Waals surface area contributed by atoms with E-state index in [9.17, 15) is 9.18 Å². The minimum Gasteiger partial charge on any atom is -0.340 e. The zero-order chi connectivity index (χ0) is 26.0. The summed E-state index contributed by atoms with van der Waals surface area (Å²) in [6.45, 7) is 5.87. The number of hydrogen-bond acceptors (Lipinski definition) is 7. The Balaban J connectivity index is 1.62. The first-order valence-electron chi connectivity index (χ1n) is 12.0. The maximum atomic E-state index is 14.2. The summed E-state index contributed by atoms with van der Waals surface area (Å²) >= 11 is 0. The van der Waals surface area contributed by atoms with Gasteiger partial charge >= 0.3 is 0 Å². The van der Waals surface area contributed by atoms with E-state index >= 15 is 0 Å². The SMILES string of the molecule is Cc1ncccc1C(=NCCc1ccccc1F)c1nc2c(c(Nc3ccncc3)n1)C(C)(C)C(=O)N2. The van der Waals surface area contributed by atoms with Crippen LogP contribution in [0.1, 0.15) is 42.1 Å². The molecule has 1 aliphatic heterocycles. The number of carbonyl (C=O) groups excluding carboxylic acids is 1. The number of hydrogen-bond donors (Lipinski definition) is 2. The number of carbonyl (C=O) groups is 1. The number of benzene rings is 1. The van der Waals surface area contributed by atoms with E-state index in [1.165, 1.54) is 6.07 Å². The number of aromatic nitrogens is 4. The maximum absolute atomic E-state index is 14.2. The van der Waals surface area contributed by atoms with Crippen molar-refractivity contribution in [2.45, 2.75) is 32.6 Å². The highest BCUT2D eigenvalue weighted by molar-refractivity contribution is 6.13. The van der Waals surface area contributed by atoms with Gasteiger partial charge in [-0.15, -0.1) is 0 Å². The van der Waals surface area contributed by atoms with E-state index in [-0.39, 0.29) is 11.7 Å². The highest BCUT2D eigenvalue weighted by Crippen LogP contribution is 2.41. The Morgan fingerprint density at radius 3 is 2.59 bits per heavy atom. The minimum atomic E-state index is -0.838. The molecule has 37 heavy (non-hydrogen) atoms. The predicted octanol–water partition coefficient (Wildman–Crippen LogP) is 4.77. The average molecular weight is 496 g/mol. The molecule has 0 saturated heterocycles. The second kappa shape index (κ2) is 9.85. The van der Waals surface area contributed by atoms with Gasteiger partial charge in [0.1, 0.15) is 23.2 Å². The second-order valence-corrected chi connectivity index (χ2v) is 9.27. The van der Waals surface area contributed by atoms with E-state index < -0.39 is 5.41 Å². The summed E-state index contributed by atoms with van der Waals surface area (Å²) in [7, 11) is 0. The molecule has 0 fully saturated rings. The quantitative estimate of drug-likeness (QED) is 0.358. The fraction of sp³-hybridized carbons (Fsp3) is 0.214. The summed E-state index contributed by atoms with van der Waals surface area (Å²) in [6.07, 6.45) is 5.46. The number of aliphatic imine (C=N–C) groups is 1. The lowest BCUT2D eigenvalue weighted by molar-refractivity contribution is -0.119. The molecule has 0 saturated carbocycles. The van der Waals surface area contributed by atoms with Crippen molar-refractivity contribution >= 4 is 28.9 Å². The minimum absolute atomic E-state index is 0.165. The standard InChI is InChI=1S/C28H26FN7O/c1-17-20(8-6-13-31-17)23(32-16-10-18-7-4-5-9-21(18)29)26-34-24(33-19-11-14-30-15-12-19)22-25(35-26)36-27(37)28(22,2)3/h4-9,11-15H,10,16H2,1-3H3,(H2,30,33,34,35,36,37). The van der Waals surface area contributed by atoms with Crippen molar-refractivity contribution in [3.05, 3.63) is 101 Å². The molecular weight excluding hydrogens is 469 g/mol. The summed E-state index contributed by atoms with van der Waals surface area (Å²) < 4.78 is 14.2. The van der Waals surface area contributed by atoms with Crippen molar-refractivity contribution in [2.24, 2.45) is 4.99 Å². The lowest BCUT2D eigenvalue weighted by Crippen LogP contribution is -2.27. The number of aryl methyl sites for hydroxylation is 1. The van der Waals surface area contributed by atoms with Crippen LogP contribution in [0.2, 0.25) is 0 Å². The zero-order valence-corrected chi connectivity index (χ0v) is 20.8.